The summed E-state index contributed by atoms with van der Waals surface area (Å²) >= 11 is 0. The van der Waals surface area contributed by atoms with Crippen LogP contribution in [0.5, 0.6) is 17.2 Å². The highest BCUT2D eigenvalue weighted by molar-refractivity contribution is 5.95. The van der Waals surface area contributed by atoms with E-state index in [9.17, 15) is 4.79 Å². The molecule has 7 heteroatoms. The topological polar surface area (TPSA) is 86.4 Å². The van der Waals surface area contributed by atoms with Gasteiger partial charge in [0, 0.05) is 17.6 Å². The van der Waals surface area contributed by atoms with E-state index in [1.165, 1.54) is 0 Å². The van der Waals surface area contributed by atoms with Crippen LogP contribution in [0.4, 0.5) is 0 Å². The summed E-state index contributed by atoms with van der Waals surface area (Å²) in [5, 5.41) is 3.50. The average Bonchev–Trinajstić information content (AvgIpc) is 2.79. The van der Waals surface area contributed by atoms with Crippen molar-refractivity contribution in [1.82, 2.24) is 4.90 Å². The molecule has 2 aromatic carbocycles. The maximum absolute atomic E-state index is 13.0. The van der Waals surface area contributed by atoms with Crippen LogP contribution in [-0.4, -0.2) is 49.4 Å². The van der Waals surface area contributed by atoms with Crippen molar-refractivity contribution in [3.05, 3.63) is 53.6 Å². The van der Waals surface area contributed by atoms with Gasteiger partial charge < -0.3 is 25.0 Å². The molecule has 0 spiro atoms. The second kappa shape index (κ2) is 13.4. The van der Waals surface area contributed by atoms with Crippen molar-refractivity contribution < 1.29 is 19.0 Å². The summed E-state index contributed by atoms with van der Waals surface area (Å²) < 4.78 is 17.1. The lowest BCUT2D eigenvalue weighted by Crippen LogP contribution is -2.42. The Morgan fingerprint density at radius 2 is 1.58 bits per heavy atom. The monoisotopic (exact) mass is 455 g/mol. The summed E-state index contributed by atoms with van der Waals surface area (Å²) in [5.74, 6) is 7.18. The molecule has 0 saturated carbocycles. The van der Waals surface area contributed by atoms with Gasteiger partial charge in [-0.3, -0.25) is 4.79 Å². The highest BCUT2D eigenvalue weighted by atomic mass is 16.5. The van der Waals surface area contributed by atoms with Crippen LogP contribution in [0, 0.1) is 0 Å². The van der Waals surface area contributed by atoms with Gasteiger partial charge in [0.05, 0.1) is 26.5 Å². The predicted octanol–water partition coefficient (Wildman–Crippen LogP) is 4.87. The molecule has 2 rings (SSSR count). The number of hydrogen-bond acceptors (Lipinski definition) is 6. The number of amides is 1. The molecule has 1 amide bonds. The first-order valence-electron chi connectivity index (χ1n) is 11.5. The molecule has 0 fully saturated rings. The minimum absolute atomic E-state index is 0.00648. The molecule has 0 radical (unpaired) electrons. The van der Waals surface area contributed by atoms with Crippen molar-refractivity contribution in [1.29, 1.82) is 0 Å². The van der Waals surface area contributed by atoms with E-state index in [4.69, 9.17) is 20.1 Å². The first kappa shape index (κ1) is 26.0. The summed E-state index contributed by atoms with van der Waals surface area (Å²) in [4.78, 5) is 14.9. The van der Waals surface area contributed by atoms with Crippen LogP contribution in [0.3, 0.4) is 0 Å². The molecule has 0 aliphatic rings. The molecule has 0 bridgehead atoms. The van der Waals surface area contributed by atoms with Crippen LogP contribution in [0.15, 0.2) is 47.6 Å². The first-order valence-corrected chi connectivity index (χ1v) is 11.5. The van der Waals surface area contributed by atoms with Gasteiger partial charge in [0.25, 0.3) is 5.91 Å². The lowest BCUT2D eigenvalue weighted by molar-refractivity contribution is 0.0643. The summed E-state index contributed by atoms with van der Waals surface area (Å²) in [6.45, 7) is 9.27. The second-order valence-electron chi connectivity index (χ2n) is 8.37. The van der Waals surface area contributed by atoms with Crippen LogP contribution in [0.2, 0.25) is 0 Å². The minimum Gasteiger partial charge on any atom is -0.494 e. The number of hydrogen-bond donors (Lipinski definition) is 1. The quantitative estimate of drug-likeness (QED) is 0.201. The van der Waals surface area contributed by atoms with Crippen molar-refractivity contribution in [2.45, 2.75) is 59.0 Å². The highest BCUT2D eigenvalue weighted by Gasteiger charge is 2.22. The third-order valence-electron chi connectivity index (χ3n) is 5.18. The van der Waals surface area contributed by atoms with E-state index in [-0.39, 0.29) is 18.0 Å². The van der Waals surface area contributed by atoms with Crippen molar-refractivity contribution in [3.63, 3.8) is 0 Å². The van der Waals surface area contributed by atoms with Gasteiger partial charge in [-0.05, 0) is 95.0 Å². The number of benzene rings is 2. The molecule has 7 nitrogen and oxygen atoms in total. The standard InChI is InChI=1S/C26H37N3O4/c1-19(2)29(20(3)4)26(30)22-11-14-24(31-5)25(17-22)33-16-8-6-7-15-32-23-12-9-21(10-13-23)18-28-27/h9-14,17-20H,6-8,15-16,27H2,1-5H3. The van der Waals surface area contributed by atoms with Gasteiger partial charge >= 0.3 is 0 Å². The maximum Gasteiger partial charge on any atom is 0.254 e. The smallest absolute Gasteiger partial charge is 0.254 e. The van der Waals surface area contributed by atoms with E-state index < -0.39 is 0 Å². The number of carbonyl (C=O) groups is 1. The molecule has 0 aliphatic heterocycles. The summed E-state index contributed by atoms with van der Waals surface area (Å²) in [6, 6.07) is 13.2. The van der Waals surface area contributed by atoms with Gasteiger partial charge in [0.2, 0.25) is 0 Å². The fraction of sp³-hybridized carbons (Fsp3) is 0.462. The van der Waals surface area contributed by atoms with Gasteiger partial charge in [-0.2, -0.15) is 5.10 Å². The highest BCUT2D eigenvalue weighted by Crippen LogP contribution is 2.29. The van der Waals surface area contributed by atoms with Gasteiger partial charge in [0.15, 0.2) is 11.5 Å². The molecule has 0 saturated heterocycles. The minimum atomic E-state index is -0.00648. The zero-order valence-corrected chi connectivity index (χ0v) is 20.4. The van der Waals surface area contributed by atoms with Crippen LogP contribution in [0.1, 0.15) is 62.9 Å². The van der Waals surface area contributed by atoms with E-state index in [0.717, 1.165) is 30.6 Å². The van der Waals surface area contributed by atoms with Crippen LogP contribution < -0.4 is 20.1 Å². The van der Waals surface area contributed by atoms with Crippen LogP contribution >= 0.6 is 0 Å². The molecule has 2 N–H and O–H groups in total. The molecule has 0 atom stereocenters. The number of methoxy groups -OCH3 is 1. The van der Waals surface area contributed by atoms with Gasteiger partial charge in [-0.25, -0.2) is 0 Å². The fourth-order valence-electron chi connectivity index (χ4n) is 3.63. The van der Waals surface area contributed by atoms with Crippen molar-refractivity contribution in [3.8, 4) is 17.2 Å². The van der Waals surface area contributed by atoms with E-state index >= 15 is 0 Å². The molecule has 180 valence electrons. The molecule has 2 aromatic rings. The van der Waals surface area contributed by atoms with E-state index in [1.807, 2.05) is 56.9 Å². The first-order chi connectivity index (χ1) is 15.9. The lowest BCUT2D eigenvalue weighted by Gasteiger charge is -2.31. The van der Waals surface area contributed by atoms with Gasteiger partial charge in [0.1, 0.15) is 5.75 Å². The number of hydrazone groups is 1. The van der Waals surface area contributed by atoms with Crippen LogP contribution in [0.25, 0.3) is 0 Å². The molecule has 0 aliphatic carbocycles. The number of carbonyl (C=O) groups excluding carboxylic acids is 1. The number of rotatable bonds is 13. The Balaban J connectivity index is 1.81. The Morgan fingerprint density at radius 3 is 2.15 bits per heavy atom. The predicted molar refractivity (Wildman–Crippen MR) is 132 cm³/mol. The van der Waals surface area contributed by atoms with E-state index in [2.05, 4.69) is 5.10 Å². The molecule has 33 heavy (non-hydrogen) atoms. The van der Waals surface area contributed by atoms with Crippen LogP contribution in [-0.2, 0) is 0 Å². The SMILES string of the molecule is COc1ccc(C(=O)N(C(C)C)C(C)C)cc1OCCCCCOc1ccc(C=NN)cc1. The lowest BCUT2D eigenvalue weighted by atomic mass is 10.1. The fourth-order valence-corrected chi connectivity index (χ4v) is 3.63. The Hall–Kier alpha value is -3.22. The number of unbranched alkanes of at least 4 members (excludes halogenated alkanes) is 2. The number of ether oxygens (including phenoxy) is 3. The summed E-state index contributed by atoms with van der Waals surface area (Å²) in [7, 11) is 1.60. The zero-order valence-electron chi connectivity index (χ0n) is 20.4. The van der Waals surface area contributed by atoms with E-state index in [1.54, 1.807) is 31.5 Å². The Bertz CT molecular complexity index is 887. The van der Waals surface area contributed by atoms with Crippen molar-refractivity contribution >= 4 is 12.1 Å². The summed E-state index contributed by atoms with van der Waals surface area (Å²) in [6.07, 6.45) is 4.35. The normalized spacial score (nSPS) is 11.2. The van der Waals surface area contributed by atoms with E-state index in [0.29, 0.717) is 30.3 Å². The Kier molecular flexibility index (Phi) is 10.5. The number of nitrogens with zero attached hydrogens (tertiary/aromatic N) is 2. The Labute approximate surface area is 197 Å². The van der Waals surface area contributed by atoms with Crippen molar-refractivity contribution in [2.75, 3.05) is 20.3 Å². The zero-order chi connectivity index (χ0) is 24.2. The molecule has 0 heterocycles. The maximum atomic E-state index is 13.0. The third-order valence-corrected chi connectivity index (χ3v) is 5.18. The summed E-state index contributed by atoms with van der Waals surface area (Å²) in [5.41, 5.74) is 1.54. The second-order valence-corrected chi connectivity index (χ2v) is 8.37. The molecular formula is C26H37N3O4. The third kappa shape index (κ3) is 8.00. The average molecular weight is 456 g/mol. The molecule has 0 aromatic heterocycles. The largest absolute Gasteiger partial charge is 0.494 e. The van der Waals surface area contributed by atoms with Gasteiger partial charge in [-0.1, -0.05) is 0 Å². The number of nitrogens with two attached hydrogens (primary N) is 1. The molecule has 0 unspecified atom stereocenters. The molecular weight excluding hydrogens is 418 g/mol. The van der Waals surface area contributed by atoms with Crippen molar-refractivity contribution in [2.24, 2.45) is 10.9 Å². The van der Waals surface area contributed by atoms with Gasteiger partial charge in [-0.15, -0.1) is 0 Å². The Morgan fingerprint density at radius 1 is 0.939 bits per heavy atom.